The monoisotopic (exact) mass is 284 g/mol. The summed E-state index contributed by atoms with van der Waals surface area (Å²) in [4.78, 5) is 31.5. The number of aromatic nitrogens is 2. The molecular formula is C11H12N2O3S2. The highest BCUT2D eigenvalue weighted by Crippen LogP contribution is 2.27. The van der Waals surface area contributed by atoms with E-state index in [1.165, 1.54) is 11.3 Å². The van der Waals surface area contributed by atoms with Gasteiger partial charge in [-0.15, -0.1) is 11.3 Å². The summed E-state index contributed by atoms with van der Waals surface area (Å²) in [6, 6.07) is 0. The van der Waals surface area contributed by atoms with Gasteiger partial charge in [-0.2, -0.15) is 12.6 Å². The SMILES string of the molecule is CCOC(=O)c1sc2nc(CS)[nH]c(=O)c2c1C. The lowest BCUT2D eigenvalue weighted by molar-refractivity contribution is 0.0531. The number of fused-ring (bicyclic) bond motifs is 1. The van der Waals surface area contributed by atoms with E-state index in [-0.39, 0.29) is 5.56 Å². The van der Waals surface area contributed by atoms with Crippen LogP contribution in [-0.2, 0) is 10.5 Å². The number of nitrogens with zero attached hydrogens (tertiary/aromatic N) is 1. The number of thiophene rings is 1. The van der Waals surface area contributed by atoms with E-state index < -0.39 is 5.97 Å². The summed E-state index contributed by atoms with van der Waals surface area (Å²) in [6.45, 7) is 3.77. The molecule has 0 saturated heterocycles. The van der Waals surface area contributed by atoms with E-state index in [1.807, 2.05) is 0 Å². The summed E-state index contributed by atoms with van der Waals surface area (Å²) >= 11 is 5.25. The lowest BCUT2D eigenvalue weighted by Gasteiger charge is -1.98. The standard InChI is InChI=1S/C11H12N2O3S2/c1-3-16-11(15)8-5(2)7-9(14)12-6(4-17)13-10(7)18-8/h17H,3-4H2,1-2H3,(H,12,13,14). The third-order valence-electron chi connectivity index (χ3n) is 2.46. The van der Waals surface area contributed by atoms with Crippen molar-refractivity contribution in [2.24, 2.45) is 0 Å². The van der Waals surface area contributed by atoms with E-state index in [4.69, 9.17) is 4.74 Å². The molecule has 0 unspecified atom stereocenters. The molecule has 5 nitrogen and oxygen atoms in total. The first kappa shape index (κ1) is 13.1. The number of aromatic amines is 1. The number of hydrogen-bond acceptors (Lipinski definition) is 6. The normalized spacial score (nSPS) is 10.8. The first-order valence-corrected chi connectivity index (χ1v) is 6.83. The van der Waals surface area contributed by atoms with Crippen molar-refractivity contribution in [3.05, 3.63) is 26.6 Å². The maximum absolute atomic E-state index is 11.9. The number of ether oxygens (including phenoxy) is 1. The zero-order valence-electron chi connectivity index (χ0n) is 9.94. The van der Waals surface area contributed by atoms with Crippen LogP contribution in [0.1, 0.15) is 28.0 Å². The van der Waals surface area contributed by atoms with Gasteiger partial charge in [-0.25, -0.2) is 9.78 Å². The zero-order valence-corrected chi connectivity index (χ0v) is 11.7. The summed E-state index contributed by atoms with van der Waals surface area (Å²) in [5.41, 5.74) is 0.376. The molecule has 0 saturated carbocycles. The highest BCUT2D eigenvalue weighted by atomic mass is 32.1. The van der Waals surface area contributed by atoms with Crippen LogP contribution in [-0.4, -0.2) is 22.5 Å². The van der Waals surface area contributed by atoms with Crippen LogP contribution in [0.4, 0.5) is 0 Å². The third kappa shape index (κ3) is 2.15. The van der Waals surface area contributed by atoms with Gasteiger partial charge < -0.3 is 9.72 Å². The van der Waals surface area contributed by atoms with E-state index in [9.17, 15) is 9.59 Å². The molecule has 2 heterocycles. The van der Waals surface area contributed by atoms with Crippen molar-refractivity contribution < 1.29 is 9.53 Å². The minimum Gasteiger partial charge on any atom is -0.462 e. The highest BCUT2D eigenvalue weighted by molar-refractivity contribution is 7.79. The van der Waals surface area contributed by atoms with E-state index >= 15 is 0 Å². The second-order valence-electron chi connectivity index (χ2n) is 3.63. The number of esters is 1. The van der Waals surface area contributed by atoms with Crippen LogP contribution in [0, 0.1) is 6.92 Å². The lowest BCUT2D eigenvalue weighted by Crippen LogP contribution is -2.11. The van der Waals surface area contributed by atoms with E-state index in [1.54, 1.807) is 13.8 Å². The Kier molecular flexibility index (Phi) is 3.72. The van der Waals surface area contributed by atoms with Crippen molar-refractivity contribution in [3.8, 4) is 0 Å². The van der Waals surface area contributed by atoms with Gasteiger partial charge in [0, 0.05) is 5.75 Å². The smallest absolute Gasteiger partial charge is 0.348 e. The number of carbonyl (C=O) groups excluding carboxylic acids is 1. The van der Waals surface area contributed by atoms with Gasteiger partial charge in [0.1, 0.15) is 15.5 Å². The molecule has 0 aromatic carbocycles. The molecule has 0 spiro atoms. The van der Waals surface area contributed by atoms with Crippen LogP contribution in [0.3, 0.4) is 0 Å². The van der Waals surface area contributed by atoms with Gasteiger partial charge in [-0.05, 0) is 19.4 Å². The van der Waals surface area contributed by atoms with Gasteiger partial charge in [0.15, 0.2) is 0 Å². The topological polar surface area (TPSA) is 72.0 Å². The fourth-order valence-corrected chi connectivity index (χ4v) is 2.90. The number of rotatable bonds is 3. The molecule has 0 aliphatic carbocycles. The Morgan fingerprint density at radius 2 is 2.28 bits per heavy atom. The van der Waals surface area contributed by atoms with Crippen molar-refractivity contribution >= 4 is 40.2 Å². The molecule has 0 aliphatic heterocycles. The zero-order chi connectivity index (χ0) is 13.3. The first-order chi connectivity index (χ1) is 8.58. The van der Waals surface area contributed by atoms with Crippen molar-refractivity contribution in [3.63, 3.8) is 0 Å². The summed E-state index contributed by atoms with van der Waals surface area (Å²) < 4.78 is 4.95. The largest absolute Gasteiger partial charge is 0.462 e. The van der Waals surface area contributed by atoms with Crippen molar-refractivity contribution in [2.75, 3.05) is 6.61 Å². The molecule has 1 N–H and O–H groups in total. The second kappa shape index (κ2) is 5.11. The Bertz CT molecular complexity index is 660. The molecule has 18 heavy (non-hydrogen) atoms. The van der Waals surface area contributed by atoms with Gasteiger partial charge in [0.2, 0.25) is 0 Å². The van der Waals surface area contributed by atoms with E-state index in [0.29, 0.717) is 38.8 Å². The molecule has 0 amide bonds. The summed E-state index contributed by atoms with van der Waals surface area (Å²) in [7, 11) is 0. The molecule has 0 aliphatic rings. The summed E-state index contributed by atoms with van der Waals surface area (Å²) in [5.74, 6) is 0.425. The van der Waals surface area contributed by atoms with Gasteiger partial charge in [-0.3, -0.25) is 4.79 Å². The average molecular weight is 284 g/mol. The van der Waals surface area contributed by atoms with Crippen LogP contribution < -0.4 is 5.56 Å². The van der Waals surface area contributed by atoms with Crippen molar-refractivity contribution in [1.82, 2.24) is 9.97 Å². The van der Waals surface area contributed by atoms with E-state index in [2.05, 4.69) is 22.6 Å². The van der Waals surface area contributed by atoms with Gasteiger partial charge in [0.05, 0.1) is 12.0 Å². The Morgan fingerprint density at radius 3 is 2.89 bits per heavy atom. The molecule has 0 fully saturated rings. The van der Waals surface area contributed by atoms with Crippen molar-refractivity contribution in [1.29, 1.82) is 0 Å². The van der Waals surface area contributed by atoms with Crippen LogP contribution in [0.5, 0.6) is 0 Å². The minimum atomic E-state index is -0.412. The molecule has 96 valence electrons. The Morgan fingerprint density at radius 1 is 1.56 bits per heavy atom. The van der Waals surface area contributed by atoms with Crippen LogP contribution in [0.15, 0.2) is 4.79 Å². The number of thiol groups is 1. The molecule has 7 heteroatoms. The summed E-state index contributed by atoms with van der Waals surface area (Å²) in [5, 5.41) is 0.452. The van der Waals surface area contributed by atoms with Gasteiger partial charge in [0.25, 0.3) is 5.56 Å². The molecular weight excluding hydrogens is 272 g/mol. The second-order valence-corrected chi connectivity index (χ2v) is 4.94. The predicted octanol–water partition coefficient (Wildman–Crippen LogP) is 1.90. The minimum absolute atomic E-state index is 0.242. The van der Waals surface area contributed by atoms with Crippen LogP contribution in [0.25, 0.3) is 10.2 Å². The molecule has 0 atom stereocenters. The molecule has 2 rings (SSSR count). The van der Waals surface area contributed by atoms with Crippen molar-refractivity contribution in [2.45, 2.75) is 19.6 Å². The van der Waals surface area contributed by atoms with Gasteiger partial charge >= 0.3 is 5.97 Å². The predicted molar refractivity (Wildman–Crippen MR) is 73.6 cm³/mol. The summed E-state index contributed by atoms with van der Waals surface area (Å²) in [6.07, 6.45) is 0. The fourth-order valence-electron chi connectivity index (χ4n) is 1.65. The highest BCUT2D eigenvalue weighted by Gasteiger charge is 2.19. The Labute approximate surface area is 113 Å². The Hall–Kier alpha value is -1.34. The van der Waals surface area contributed by atoms with E-state index in [0.717, 1.165) is 0 Å². The molecule has 2 aromatic rings. The van der Waals surface area contributed by atoms with Crippen LogP contribution >= 0.6 is 24.0 Å². The average Bonchev–Trinajstić information content (AvgIpc) is 2.67. The number of hydrogen-bond donors (Lipinski definition) is 2. The van der Waals surface area contributed by atoms with Crippen LogP contribution in [0.2, 0.25) is 0 Å². The quantitative estimate of drug-likeness (QED) is 0.667. The first-order valence-electron chi connectivity index (χ1n) is 5.38. The number of nitrogens with one attached hydrogen (secondary N) is 1. The number of H-pyrrole nitrogens is 1. The maximum atomic E-state index is 11.9. The lowest BCUT2D eigenvalue weighted by atomic mass is 10.2. The third-order valence-corrected chi connectivity index (χ3v) is 3.93. The number of carbonyl (C=O) groups is 1. The molecule has 2 aromatic heterocycles. The Balaban J connectivity index is 2.66. The molecule has 0 radical (unpaired) electrons. The molecule has 0 bridgehead atoms. The number of aryl methyl sites for hydroxylation is 1. The fraction of sp³-hybridized carbons (Fsp3) is 0.364. The maximum Gasteiger partial charge on any atom is 0.348 e. The van der Waals surface area contributed by atoms with Gasteiger partial charge in [-0.1, -0.05) is 0 Å².